The third-order valence-corrected chi connectivity index (χ3v) is 4.41. The Morgan fingerprint density at radius 1 is 1.12 bits per heavy atom. The Hall–Kier alpha value is -1.75. The summed E-state index contributed by atoms with van der Waals surface area (Å²) in [5.74, 6) is -0.862. The van der Waals surface area contributed by atoms with Gasteiger partial charge in [-0.25, -0.2) is 0 Å². The molecule has 0 aliphatic rings. The Morgan fingerprint density at radius 2 is 1.75 bits per heavy atom. The molecule has 0 saturated carbocycles. The van der Waals surface area contributed by atoms with Crippen molar-refractivity contribution in [3.8, 4) is 0 Å². The maximum Gasteiger partial charge on any atom is 0.325 e. The van der Waals surface area contributed by atoms with Crippen LogP contribution in [0.1, 0.15) is 18.5 Å². The summed E-state index contributed by atoms with van der Waals surface area (Å²) in [6.45, 7) is 3.64. The van der Waals surface area contributed by atoms with Gasteiger partial charge in [0, 0.05) is 13.1 Å². The number of rotatable bonds is 8. The van der Waals surface area contributed by atoms with E-state index in [4.69, 9.17) is 23.2 Å². The van der Waals surface area contributed by atoms with Crippen LogP contribution in [0.15, 0.2) is 48.5 Å². The van der Waals surface area contributed by atoms with Crippen LogP contribution in [-0.2, 0) is 4.79 Å². The van der Waals surface area contributed by atoms with Crippen molar-refractivity contribution in [1.29, 1.82) is 0 Å². The number of hydrogen-bond donors (Lipinski definition) is 2. The lowest BCUT2D eigenvalue weighted by Crippen LogP contribution is -2.37. The maximum atomic E-state index is 11.7. The molecular weight excluding hydrogens is 347 g/mol. The fraction of sp³-hybridized carbons (Fsp3) is 0.278. The van der Waals surface area contributed by atoms with Crippen molar-refractivity contribution in [2.75, 3.05) is 25.0 Å². The second-order valence-electron chi connectivity index (χ2n) is 5.30. The number of nitrogens with one attached hydrogen (secondary N) is 1. The first-order valence-corrected chi connectivity index (χ1v) is 8.49. The number of halogens is 2. The predicted molar refractivity (Wildman–Crippen MR) is 99.0 cm³/mol. The zero-order chi connectivity index (χ0) is 17.5. The zero-order valence-electron chi connectivity index (χ0n) is 13.4. The van der Waals surface area contributed by atoms with E-state index in [9.17, 15) is 9.90 Å². The molecule has 128 valence electrons. The average molecular weight is 367 g/mol. The van der Waals surface area contributed by atoms with Gasteiger partial charge in [-0.15, -0.1) is 0 Å². The quantitative estimate of drug-likeness (QED) is 0.719. The normalized spacial score (nSPS) is 12.2. The van der Waals surface area contributed by atoms with Crippen molar-refractivity contribution < 1.29 is 9.90 Å². The molecule has 0 aliphatic carbocycles. The molecule has 2 aromatic rings. The molecule has 0 bridgehead atoms. The van der Waals surface area contributed by atoms with Crippen molar-refractivity contribution in [3.63, 3.8) is 0 Å². The Morgan fingerprint density at radius 3 is 2.29 bits per heavy atom. The highest BCUT2D eigenvalue weighted by atomic mass is 35.5. The lowest BCUT2D eigenvalue weighted by molar-refractivity contribution is -0.143. The second kappa shape index (κ2) is 8.92. The van der Waals surface area contributed by atoms with Crippen molar-refractivity contribution >= 4 is 34.9 Å². The first-order valence-electron chi connectivity index (χ1n) is 7.74. The summed E-state index contributed by atoms with van der Waals surface area (Å²) in [7, 11) is 0. The molecule has 0 radical (unpaired) electrons. The average Bonchev–Trinajstić information content (AvgIpc) is 2.57. The highest BCUT2D eigenvalue weighted by Gasteiger charge is 2.25. The Balaban J connectivity index is 2.06. The fourth-order valence-electron chi connectivity index (χ4n) is 2.61. The van der Waals surface area contributed by atoms with E-state index in [1.807, 2.05) is 42.2 Å². The number of anilines is 1. The van der Waals surface area contributed by atoms with E-state index in [0.29, 0.717) is 35.4 Å². The molecule has 2 N–H and O–H groups in total. The van der Waals surface area contributed by atoms with E-state index in [1.54, 1.807) is 18.2 Å². The van der Waals surface area contributed by atoms with Gasteiger partial charge >= 0.3 is 5.97 Å². The number of hydrogen-bond acceptors (Lipinski definition) is 3. The second-order valence-corrected chi connectivity index (χ2v) is 6.12. The molecule has 0 heterocycles. The molecule has 0 saturated heterocycles. The first kappa shape index (κ1) is 18.6. The number of likely N-dealkylation sites (N-methyl/N-ethyl adjacent to an activating group) is 1. The summed E-state index contributed by atoms with van der Waals surface area (Å²) in [6.07, 6.45) is 0. The van der Waals surface area contributed by atoms with Gasteiger partial charge in [0.2, 0.25) is 0 Å². The Labute approximate surface area is 152 Å². The van der Waals surface area contributed by atoms with E-state index in [1.165, 1.54) is 0 Å². The summed E-state index contributed by atoms with van der Waals surface area (Å²) >= 11 is 12.3. The van der Waals surface area contributed by atoms with Crippen LogP contribution in [0.25, 0.3) is 0 Å². The molecule has 4 nitrogen and oxygen atoms in total. The smallest absolute Gasteiger partial charge is 0.325 e. The highest BCUT2D eigenvalue weighted by molar-refractivity contribution is 6.39. The Kier molecular flexibility index (Phi) is 6.91. The fourth-order valence-corrected chi connectivity index (χ4v) is 3.14. The number of para-hydroxylation sites is 1. The molecular formula is C18H20Cl2N2O2. The summed E-state index contributed by atoms with van der Waals surface area (Å²) < 4.78 is 0. The van der Waals surface area contributed by atoms with Gasteiger partial charge in [0.15, 0.2) is 0 Å². The number of carboxylic acids is 1. The molecule has 24 heavy (non-hydrogen) atoms. The Bertz CT molecular complexity index is 660. The van der Waals surface area contributed by atoms with Gasteiger partial charge in [-0.2, -0.15) is 0 Å². The minimum Gasteiger partial charge on any atom is -0.480 e. The number of nitrogens with zero attached hydrogens (tertiary/aromatic N) is 1. The monoisotopic (exact) mass is 366 g/mol. The summed E-state index contributed by atoms with van der Waals surface area (Å²) in [5.41, 5.74) is 1.44. The molecule has 0 aromatic heterocycles. The summed E-state index contributed by atoms with van der Waals surface area (Å²) in [5, 5.41) is 13.9. The van der Waals surface area contributed by atoms with E-state index >= 15 is 0 Å². The first-order chi connectivity index (χ1) is 11.5. The van der Waals surface area contributed by atoms with Crippen molar-refractivity contribution in [3.05, 3.63) is 64.1 Å². The summed E-state index contributed by atoms with van der Waals surface area (Å²) in [6, 6.07) is 13.9. The van der Waals surface area contributed by atoms with Gasteiger partial charge < -0.3 is 10.4 Å². The van der Waals surface area contributed by atoms with E-state index in [0.717, 1.165) is 5.56 Å². The van der Waals surface area contributed by atoms with Crippen LogP contribution >= 0.6 is 23.2 Å². The van der Waals surface area contributed by atoms with Crippen LogP contribution < -0.4 is 5.32 Å². The SMILES string of the molecule is CCN(CCNc1c(Cl)cccc1Cl)C(C(=O)O)c1ccccc1. The minimum atomic E-state index is -0.862. The van der Waals surface area contributed by atoms with Crippen LogP contribution in [0.3, 0.4) is 0 Å². The standard InChI is InChI=1S/C18H20Cl2N2O2/c1-2-22(17(18(23)24)13-7-4-3-5-8-13)12-11-21-16-14(19)9-6-10-15(16)20/h3-10,17,21H,2,11-12H2,1H3,(H,23,24). The topological polar surface area (TPSA) is 52.6 Å². The molecule has 0 amide bonds. The molecule has 1 unspecified atom stereocenters. The third-order valence-electron chi connectivity index (χ3n) is 3.78. The minimum absolute atomic E-state index is 0.536. The van der Waals surface area contributed by atoms with E-state index in [2.05, 4.69) is 5.32 Å². The third kappa shape index (κ3) is 4.63. The van der Waals surface area contributed by atoms with E-state index < -0.39 is 12.0 Å². The lowest BCUT2D eigenvalue weighted by atomic mass is 10.1. The molecule has 2 rings (SSSR count). The van der Waals surface area contributed by atoms with Gasteiger partial charge in [0.1, 0.15) is 6.04 Å². The largest absolute Gasteiger partial charge is 0.480 e. The lowest BCUT2D eigenvalue weighted by Gasteiger charge is -2.28. The van der Waals surface area contributed by atoms with Gasteiger partial charge in [-0.05, 0) is 24.2 Å². The van der Waals surface area contributed by atoms with Crippen molar-refractivity contribution in [2.45, 2.75) is 13.0 Å². The predicted octanol–water partition coefficient (Wildman–Crippen LogP) is 4.55. The van der Waals surface area contributed by atoms with Crippen LogP contribution in [0, 0.1) is 0 Å². The molecule has 0 spiro atoms. The number of carbonyl (C=O) groups is 1. The molecule has 1 atom stereocenters. The molecule has 2 aromatic carbocycles. The van der Waals surface area contributed by atoms with Crippen LogP contribution in [0.2, 0.25) is 10.0 Å². The molecule has 6 heteroatoms. The van der Waals surface area contributed by atoms with Crippen LogP contribution in [0.4, 0.5) is 5.69 Å². The number of carboxylic acid groups (broad SMARTS) is 1. The highest BCUT2D eigenvalue weighted by Crippen LogP contribution is 2.29. The van der Waals surface area contributed by atoms with Gasteiger partial charge in [0.25, 0.3) is 0 Å². The van der Waals surface area contributed by atoms with Crippen LogP contribution in [-0.4, -0.2) is 35.6 Å². The van der Waals surface area contributed by atoms with Gasteiger partial charge in [-0.3, -0.25) is 9.69 Å². The van der Waals surface area contributed by atoms with Gasteiger partial charge in [0.05, 0.1) is 15.7 Å². The molecule has 0 aliphatic heterocycles. The maximum absolute atomic E-state index is 11.7. The number of aliphatic carboxylic acids is 1. The van der Waals surface area contributed by atoms with E-state index in [-0.39, 0.29) is 0 Å². The van der Waals surface area contributed by atoms with Crippen molar-refractivity contribution in [2.24, 2.45) is 0 Å². The molecule has 0 fully saturated rings. The number of benzene rings is 2. The zero-order valence-corrected chi connectivity index (χ0v) is 14.9. The van der Waals surface area contributed by atoms with Crippen LogP contribution in [0.5, 0.6) is 0 Å². The van der Waals surface area contributed by atoms with Crippen molar-refractivity contribution in [1.82, 2.24) is 4.90 Å². The van der Waals surface area contributed by atoms with Gasteiger partial charge in [-0.1, -0.05) is 66.5 Å². The summed E-state index contributed by atoms with van der Waals surface area (Å²) in [4.78, 5) is 13.6.